The summed E-state index contributed by atoms with van der Waals surface area (Å²) >= 11 is 0. The molecule has 1 saturated heterocycles. The van der Waals surface area contributed by atoms with E-state index < -0.39 is 5.54 Å². The van der Waals surface area contributed by atoms with Crippen LogP contribution in [0.1, 0.15) is 59.8 Å². The first-order valence-corrected chi connectivity index (χ1v) is 7.58. The molecule has 1 N–H and O–H groups in total. The van der Waals surface area contributed by atoms with Crippen molar-refractivity contribution >= 4 is 11.8 Å². The van der Waals surface area contributed by atoms with E-state index in [0.29, 0.717) is 18.9 Å². The van der Waals surface area contributed by atoms with Crippen molar-refractivity contribution in [3.63, 3.8) is 0 Å². The van der Waals surface area contributed by atoms with Gasteiger partial charge in [0.2, 0.25) is 11.8 Å². The molecule has 2 unspecified atom stereocenters. The Morgan fingerprint density at radius 3 is 2.53 bits per heavy atom. The quantitative estimate of drug-likeness (QED) is 0.770. The highest BCUT2D eigenvalue weighted by Crippen LogP contribution is 2.26. The minimum absolute atomic E-state index is 0.0139. The number of piperazine rings is 1. The summed E-state index contributed by atoms with van der Waals surface area (Å²) in [5.74, 6) is 0.541. The standard InChI is InChI=1S/C15H28N2O2/c1-5-8-9-12(6-2)11-17-13(18)10-16-14(19)15(17,4)7-3/h12H,5-11H2,1-4H3,(H,16,19). The fourth-order valence-electron chi connectivity index (χ4n) is 2.67. The predicted molar refractivity (Wildman–Crippen MR) is 76.7 cm³/mol. The molecular weight excluding hydrogens is 240 g/mol. The van der Waals surface area contributed by atoms with Crippen LogP contribution < -0.4 is 5.32 Å². The Hall–Kier alpha value is -1.06. The second kappa shape index (κ2) is 6.92. The molecule has 1 rings (SSSR count). The van der Waals surface area contributed by atoms with E-state index in [0.717, 1.165) is 12.8 Å². The number of hydrogen-bond acceptors (Lipinski definition) is 2. The fourth-order valence-corrected chi connectivity index (χ4v) is 2.67. The summed E-state index contributed by atoms with van der Waals surface area (Å²) in [4.78, 5) is 26.0. The van der Waals surface area contributed by atoms with Gasteiger partial charge in [0.1, 0.15) is 5.54 Å². The van der Waals surface area contributed by atoms with Gasteiger partial charge >= 0.3 is 0 Å². The molecule has 2 amide bonds. The molecule has 1 aliphatic rings. The Morgan fingerprint density at radius 1 is 1.32 bits per heavy atom. The number of amides is 2. The normalized spacial score (nSPS) is 25.4. The highest BCUT2D eigenvalue weighted by Gasteiger charge is 2.44. The van der Waals surface area contributed by atoms with Crippen molar-refractivity contribution in [3.8, 4) is 0 Å². The van der Waals surface area contributed by atoms with Gasteiger partial charge in [-0.25, -0.2) is 0 Å². The Bertz CT molecular complexity index is 330. The van der Waals surface area contributed by atoms with Crippen molar-refractivity contribution in [2.24, 2.45) is 5.92 Å². The van der Waals surface area contributed by atoms with Crippen molar-refractivity contribution in [1.82, 2.24) is 10.2 Å². The van der Waals surface area contributed by atoms with E-state index >= 15 is 0 Å². The molecule has 0 aromatic rings. The van der Waals surface area contributed by atoms with E-state index in [9.17, 15) is 9.59 Å². The zero-order valence-corrected chi connectivity index (χ0v) is 12.8. The summed E-state index contributed by atoms with van der Waals surface area (Å²) in [6, 6.07) is 0. The third-order valence-electron chi connectivity index (χ3n) is 4.46. The number of hydrogen-bond donors (Lipinski definition) is 1. The Balaban J connectivity index is 2.80. The number of nitrogens with one attached hydrogen (secondary N) is 1. The molecule has 0 aliphatic carbocycles. The molecule has 4 nitrogen and oxygen atoms in total. The van der Waals surface area contributed by atoms with Gasteiger partial charge < -0.3 is 10.2 Å². The molecule has 19 heavy (non-hydrogen) atoms. The fraction of sp³-hybridized carbons (Fsp3) is 0.867. The number of rotatable bonds is 7. The van der Waals surface area contributed by atoms with Gasteiger partial charge in [0.05, 0.1) is 6.54 Å². The largest absolute Gasteiger partial charge is 0.345 e. The van der Waals surface area contributed by atoms with Crippen LogP contribution in [0.3, 0.4) is 0 Å². The first-order valence-electron chi connectivity index (χ1n) is 7.58. The van der Waals surface area contributed by atoms with Gasteiger partial charge in [-0.2, -0.15) is 0 Å². The monoisotopic (exact) mass is 268 g/mol. The van der Waals surface area contributed by atoms with Crippen LogP contribution in [0.5, 0.6) is 0 Å². The van der Waals surface area contributed by atoms with Gasteiger partial charge in [-0.15, -0.1) is 0 Å². The van der Waals surface area contributed by atoms with E-state index in [2.05, 4.69) is 19.2 Å². The van der Waals surface area contributed by atoms with E-state index in [4.69, 9.17) is 0 Å². The number of carbonyl (C=O) groups is 2. The van der Waals surface area contributed by atoms with Crippen LogP contribution in [0.2, 0.25) is 0 Å². The van der Waals surface area contributed by atoms with Gasteiger partial charge in [0.25, 0.3) is 0 Å². The molecule has 0 saturated carbocycles. The molecule has 4 heteroatoms. The van der Waals surface area contributed by atoms with Crippen molar-refractivity contribution in [2.45, 2.75) is 65.3 Å². The van der Waals surface area contributed by atoms with Crippen molar-refractivity contribution < 1.29 is 9.59 Å². The number of carbonyl (C=O) groups excluding carboxylic acids is 2. The average molecular weight is 268 g/mol. The van der Waals surface area contributed by atoms with Crippen LogP contribution in [0.15, 0.2) is 0 Å². The zero-order chi connectivity index (χ0) is 14.5. The van der Waals surface area contributed by atoms with E-state index in [1.165, 1.54) is 12.8 Å². The molecule has 1 fully saturated rings. The average Bonchev–Trinajstić information content (AvgIpc) is 2.42. The predicted octanol–water partition coefficient (Wildman–Crippen LogP) is 2.33. The third-order valence-corrected chi connectivity index (χ3v) is 4.46. The summed E-state index contributed by atoms with van der Waals surface area (Å²) in [5, 5.41) is 2.71. The zero-order valence-electron chi connectivity index (χ0n) is 12.8. The molecule has 0 radical (unpaired) electrons. The second-order valence-electron chi connectivity index (χ2n) is 5.73. The molecule has 0 aromatic heterocycles. The Morgan fingerprint density at radius 2 is 2.00 bits per heavy atom. The maximum atomic E-state index is 12.2. The lowest BCUT2D eigenvalue weighted by Gasteiger charge is -2.44. The number of unbranched alkanes of at least 4 members (excludes halogenated alkanes) is 1. The lowest BCUT2D eigenvalue weighted by molar-refractivity contribution is -0.153. The number of nitrogens with zero attached hydrogens (tertiary/aromatic N) is 1. The first-order chi connectivity index (χ1) is 8.99. The summed E-state index contributed by atoms with van der Waals surface area (Å²) in [6.07, 6.45) is 5.23. The van der Waals surface area contributed by atoms with Gasteiger partial charge in [0.15, 0.2) is 0 Å². The summed E-state index contributed by atoms with van der Waals surface area (Å²) in [5.41, 5.74) is -0.672. The molecule has 0 aromatic carbocycles. The molecule has 1 aliphatic heterocycles. The lowest BCUT2D eigenvalue weighted by Crippen LogP contribution is -2.66. The van der Waals surface area contributed by atoms with Crippen LogP contribution in [0.25, 0.3) is 0 Å². The third kappa shape index (κ3) is 3.48. The van der Waals surface area contributed by atoms with Gasteiger partial charge in [-0.05, 0) is 25.7 Å². The highest BCUT2D eigenvalue weighted by atomic mass is 16.2. The molecular formula is C15H28N2O2. The van der Waals surface area contributed by atoms with Gasteiger partial charge in [-0.3, -0.25) is 9.59 Å². The van der Waals surface area contributed by atoms with E-state index in [1.807, 2.05) is 18.7 Å². The topological polar surface area (TPSA) is 49.4 Å². The Kier molecular flexibility index (Phi) is 5.83. The van der Waals surface area contributed by atoms with Gasteiger partial charge in [-0.1, -0.05) is 40.0 Å². The Labute approximate surface area is 116 Å². The van der Waals surface area contributed by atoms with Crippen molar-refractivity contribution in [3.05, 3.63) is 0 Å². The molecule has 2 atom stereocenters. The van der Waals surface area contributed by atoms with Crippen LogP contribution >= 0.6 is 0 Å². The summed E-state index contributed by atoms with van der Waals surface area (Å²) in [6.45, 7) is 9.07. The smallest absolute Gasteiger partial charge is 0.246 e. The molecule has 0 bridgehead atoms. The first kappa shape index (κ1) is 16.0. The SMILES string of the molecule is CCCCC(CC)CN1C(=O)CNC(=O)C1(C)CC. The minimum Gasteiger partial charge on any atom is -0.345 e. The van der Waals surface area contributed by atoms with Crippen LogP contribution in [-0.4, -0.2) is 35.3 Å². The van der Waals surface area contributed by atoms with Crippen molar-refractivity contribution in [2.75, 3.05) is 13.1 Å². The molecule has 110 valence electrons. The second-order valence-corrected chi connectivity index (χ2v) is 5.73. The van der Waals surface area contributed by atoms with Crippen LogP contribution in [-0.2, 0) is 9.59 Å². The highest BCUT2D eigenvalue weighted by molar-refractivity contribution is 5.97. The maximum Gasteiger partial charge on any atom is 0.246 e. The van der Waals surface area contributed by atoms with Crippen molar-refractivity contribution in [1.29, 1.82) is 0 Å². The maximum absolute atomic E-state index is 12.2. The molecule has 1 heterocycles. The van der Waals surface area contributed by atoms with Crippen LogP contribution in [0, 0.1) is 5.92 Å². The molecule has 0 spiro atoms. The summed E-state index contributed by atoms with van der Waals surface area (Å²) < 4.78 is 0. The van der Waals surface area contributed by atoms with E-state index in [-0.39, 0.29) is 18.4 Å². The van der Waals surface area contributed by atoms with E-state index in [1.54, 1.807) is 0 Å². The lowest BCUT2D eigenvalue weighted by atomic mass is 9.89. The minimum atomic E-state index is -0.672. The van der Waals surface area contributed by atoms with Gasteiger partial charge in [0, 0.05) is 6.54 Å². The summed E-state index contributed by atoms with van der Waals surface area (Å²) in [7, 11) is 0. The van der Waals surface area contributed by atoms with Crippen LogP contribution in [0.4, 0.5) is 0 Å².